The van der Waals surface area contributed by atoms with Crippen LogP contribution < -0.4 is 9.64 Å². The van der Waals surface area contributed by atoms with Crippen molar-refractivity contribution >= 4 is 28.4 Å². The number of hydrogen-bond acceptors (Lipinski definition) is 5. The molecular formula is C16H17N3O2S. The lowest BCUT2D eigenvalue weighted by atomic mass is 10.2. The lowest BCUT2D eigenvalue weighted by Gasteiger charge is -2.21. The summed E-state index contributed by atoms with van der Waals surface area (Å²) in [6, 6.07) is 5.79. The average molecular weight is 315 g/mol. The summed E-state index contributed by atoms with van der Waals surface area (Å²) in [7, 11) is 1.60. The highest BCUT2D eigenvalue weighted by Crippen LogP contribution is 2.37. The van der Waals surface area contributed by atoms with Crippen LogP contribution in [-0.4, -0.2) is 29.6 Å². The minimum atomic E-state index is 0.169. The fourth-order valence-electron chi connectivity index (χ4n) is 2.49. The highest BCUT2D eigenvalue weighted by Gasteiger charge is 2.32. The molecule has 3 rings (SSSR count). The van der Waals surface area contributed by atoms with Crippen LogP contribution in [0.15, 0.2) is 29.3 Å². The van der Waals surface area contributed by atoms with E-state index < -0.39 is 0 Å². The number of amidine groups is 1. The third kappa shape index (κ3) is 2.35. The standard InChI is InChI=1S/C16H17N3O2S/c1-9-4-5-13(21-3)11(6-9)19-7-12(20)14(15(19)17)16-18-10(2)8-22-16/h4-6,8,17,20H,7H2,1-3H3. The number of anilines is 1. The molecule has 0 atom stereocenters. The van der Waals surface area contributed by atoms with Crippen LogP contribution in [0.25, 0.3) is 5.57 Å². The summed E-state index contributed by atoms with van der Waals surface area (Å²) in [5.74, 6) is 1.10. The molecule has 0 saturated heterocycles. The topological polar surface area (TPSA) is 69.4 Å². The van der Waals surface area contributed by atoms with Gasteiger partial charge in [-0.05, 0) is 31.5 Å². The second-order valence-electron chi connectivity index (χ2n) is 5.23. The van der Waals surface area contributed by atoms with Crippen molar-refractivity contribution < 1.29 is 9.84 Å². The van der Waals surface area contributed by atoms with Crippen LogP contribution in [0.3, 0.4) is 0 Å². The second-order valence-corrected chi connectivity index (χ2v) is 6.08. The lowest BCUT2D eigenvalue weighted by Crippen LogP contribution is -2.26. The molecule has 0 radical (unpaired) electrons. The van der Waals surface area contributed by atoms with Gasteiger partial charge in [0.1, 0.15) is 22.4 Å². The van der Waals surface area contributed by atoms with Crippen LogP contribution in [0.1, 0.15) is 16.3 Å². The van der Waals surface area contributed by atoms with Crippen molar-refractivity contribution in [2.75, 3.05) is 18.6 Å². The van der Waals surface area contributed by atoms with Crippen LogP contribution in [0, 0.1) is 19.3 Å². The molecule has 0 fully saturated rings. The first-order valence-corrected chi connectivity index (χ1v) is 7.75. The maximum absolute atomic E-state index is 10.3. The van der Waals surface area contributed by atoms with Crippen molar-refractivity contribution in [1.82, 2.24) is 4.98 Å². The monoisotopic (exact) mass is 315 g/mol. The first kappa shape index (κ1) is 14.6. The van der Waals surface area contributed by atoms with Gasteiger partial charge in [0.25, 0.3) is 0 Å². The molecule has 1 aromatic heterocycles. The van der Waals surface area contributed by atoms with Crippen LogP contribution in [-0.2, 0) is 0 Å². The van der Waals surface area contributed by atoms with E-state index in [-0.39, 0.29) is 18.1 Å². The number of aryl methyl sites for hydroxylation is 2. The maximum atomic E-state index is 10.3. The first-order valence-electron chi connectivity index (χ1n) is 6.87. The average Bonchev–Trinajstić information content (AvgIpc) is 3.02. The summed E-state index contributed by atoms with van der Waals surface area (Å²) in [5.41, 5.74) is 3.24. The SMILES string of the molecule is COc1ccc(C)cc1N1CC(O)=C(c2nc(C)cs2)C1=N. The number of nitrogens with zero attached hydrogens (tertiary/aromatic N) is 2. The van der Waals surface area contributed by atoms with Gasteiger partial charge < -0.3 is 14.7 Å². The highest BCUT2D eigenvalue weighted by atomic mass is 32.1. The molecule has 5 nitrogen and oxygen atoms in total. The number of ether oxygens (including phenoxy) is 1. The van der Waals surface area contributed by atoms with E-state index in [2.05, 4.69) is 4.98 Å². The molecule has 22 heavy (non-hydrogen) atoms. The number of aliphatic hydroxyl groups is 1. The van der Waals surface area contributed by atoms with Gasteiger partial charge in [0.15, 0.2) is 0 Å². The van der Waals surface area contributed by atoms with E-state index >= 15 is 0 Å². The molecule has 2 N–H and O–H groups in total. The predicted molar refractivity (Wildman–Crippen MR) is 89.2 cm³/mol. The molecule has 0 saturated carbocycles. The van der Waals surface area contributed by atoms with Gasteiger partial charge in [-0.1, -0.05) is 6.07 Å². The Kier molecular flexibility index (Phi) is 3.62. The van der Waals surface area contributed by atoms with Crippen molar-refractivity contribution in [3.8, 4) is 5.75 Å². The first-order chi connectivity index (χ1) is 10.5. The molecular weight excluding hydrogens is 298 g/mol. The molecule has 0 aliphatic carbocycles. The van der Waals surface area contributed by atoms with E-state index in [9.17, 15) is 5.11 Å². The van der Waals surface area contributed by atoms with Gasteiger partial charge in [0.05, 0.1) is 24.9 Å². The molecule has 1 aliphatic heterocycles. The third-order valence-corrected chi connectivity index (χ3v) is 4.54. The van der Waals surface area contributed by atoms with Gasteiger partial charge in [-0.2, -0.15) is 0 Å². The van der Waals surface area contributed by atoms with E-state index in [1.165, 1.54) is 11.3 Å². The van der Waals surface area contributed by atoms with Crippen LogP contribution in [0.5, 0.6) is 5.75 Å². The fraction of sp³-hybridized carbons (Fsp3) is 0.250. The molecule has 0 amide bonds. The maximum Gasteiger partial charge on any atom is 0.142 e. The number of hydrogen-bond donors (Lipinski definition) is 2. The van der Waals surface area contributed by atoms with E-state index in [1.807, 2.05) is 37.4 Å². The van der Waals surface area contributed by atoms with E-state index in [4.69, 9.17) is 10.1 Å². The number of thiazole rings is 1. The summed E-state index contributed by atoms with van der Waals surface area (Å²) in [5, 5.41) is 21.3. The van der Waals surface area contributed by atoms with Crippen molar-refractivity contribution in [3.05, 3.63) is 45.6 Å². The van der Waals surface area contributed by atoms with Crippen molar-refractivity contribution in [2.24, 2.45) is 0 Å². The van der Waals surface area contributed by atoms with Crippen LogP contribution in [0.2, 0.25) is 0 Å². The van der Waals surface area contributed by atoms with Gasteiger partial charge in [-0.25, -0.2) is 4.98 Å². The minimum absolute atomic E-state index is 0.169. The number of nitrogens with one attached hydrogen (secondary N) is 1. The van der Waals surface area contributed by atoms with Gasteiger partial charge in [-0.15, -0.1) is 11.3 Å². The number of aromatic nitrogens is 1. The summed E-state index contributed by atoms with van der Waals surface area (Å²) in [6.45, 7) is 4.14. The van der Waals surface area contributed by atoms with E-state index in [1.54, 1.807) is 12.0 Å². The predicted octanol–water partition coefficient (Wildman–Crippen LogP) is 3.54. The second kappa shape index (κ2) is 5.46. The molecule has 6 heteroatoms. The Labute approximate surface area is 133 Å². The van der Waals surface area contributed by atoms with Gasteiger partial charge >= 0.3 is 0 Å². The summed E-state index contributed by atoms with van der Waals surface area (Å²) in [4.78, 5) is 6.13. The fourth-order valence-corrected chi connectivity index (χ4v) is 3.35. The highest BCUT2D eigenvalue weighted by molar-refractivity contribution is 7.11. The number of benzene rings is 1. The lowest BCUT2D eigenvalue weighted by molar-refractivity contribution is 0.406. The molecule has 2 heterocycles. The van der Waals surface area contributed by atoms with Gasteiger partial charge in [0.2, 0.25) is 0 Å². The largest absolute Gasteiger partial charge is 0.510 e. The van der Waals surface area contributed by atoms with Crippen LogP contribution >= 0.6 is 11.3 Å². The van der Waals surface area contributed by atoms with Crippen molar-refractivity contribution in [3.63, 3.8) is 0 Å². The minimum Gasteiger partial charge on any atom is -0.510 e. The van der Waals surface area contributed by atoms with Crippen LogP contribution in [0.4, 0.5) is 5.69 Å². The summed E-state index contributed by atoms with van der Waals surface area (Å²) >= 11 is 1.44. The molecule has 0 bridgehead atoms. The summed E-state index contributed by atoms with van der Waals surface area (Å²) < 4.78 is 5.39. The van der Waals surface area contributed by atoms with Gasteiger partial charge in [-0.3, -0.25) is 5.41 Å². The molecule has 1 aromatic carbocycles. The number of aliphatic hydroxyl groups excluding tert-OH is 1. The summed E-state index contributed by atoms with van der Waals surface area (Å²) in [6.07, 6.45) is 0. The Bertz CT molecular complexity index is 779. The zero-order valence-electron chi connectivity index (χ0n) is 12.7. The molecule has 0 unspecified atom stereocenters. The zero-order valence-corrected chi connectivity index (χ0v) is 13.5. The Balaban J connectivity index is 2.01. The molecule has 114 valence electrons. The number of rotatable bonds is 3. The Morgan fingerprint density at radius 1 is 1.36 bits per heavy atom. The van der Waals surface area contributed by atoms with Gasteiger partial charge in [0, 0.05) is 11.1 Å². The Morgan fingerprint density at radius 3 is 2.77 bits per heavy atom. The number of methoxy groups -OCH3 is 1. The smallest absolute Gasteiger partial charge is 0.142 e. The Morgan fingerprint density at radius 2 is 2.14 bits per heavy atom. The van der Waals surface area contributed by atoms with E-state index in [0.717, 1.165) is 16.9 Å². The molecule has 0 spiro atoms. The molecule has 1 aliphatic rings. The Hall–Kier alpha value is -2.34. The van der Waals surface area contributed by atoms with Crippen molar-refractivity contribution in [2.45, 2.75) is 13.8 Å². The third-order valence-electron chi connectivity index (χ3n) is 3.56. The zero-order chi connectivity index (χ0) is 15.9. The quantitative estimate of drug-likeness (QED) is 0.909. The normalized spacial score (nSPS) is 14.9. The van der Waals surface area contributed by atoms with E-state index in [0.29, 0.717) is 16.3 Å². The molecule has 2 aromatic rings. The van der Waals surface area contributed by atoms with Crippen molar-refractivity contribution in [1.29, 1.82) is 5.41 Å².